The lowest BCUT2D eigenvalue weighted by Crippen LogP contribution is -2.20. The molecule has 11 heteroatoms. The molecule has 2 aromatic heterocycles. The van der Waals surface area contributed by atoms with Gasteiger partial charge in [-0.2, -0.15) is 0 Å². The molecule has 0 bridgehead atoms. The molecule has 0 aliphatic heterocycles. The molecule has 0 aliphatic carbocycles. The van der Waals surface area contributed by atoms with Crippen molar-refractivity contribution in [1.29, 1.82) is 0 Å². The molecule has 0 radical (unpaired) electrons. The number of nitrogens with one attached hydrogen (secondary N) is 2. The molecule has 9 nitrogen and oxygen atoms in total. The average Bonchev–Trinajstić information content (AvgIpc) is 3.26. The summed E-state index contributed by atoms with van der Waals surface area (Å²) in [6, 6.07) is 20.4. The van der Waals surface area contributed by atoms with Crippen LogP contribution in [0.4, 0.5) is 20.8 Å². The van der Waals surface area contributed by atoms with E-state index in [1.807, 2.05) is 42.5 Å². The number of carbonyl (C=O) groups excluding carboxylic acids is 1. The van der Waals surface area contributed by atoms with E-state index in [1.54, 1.807) is 12.1 Å². The molecule has 184 valence electrons. The predicted molar refractivity (Wildman–Crippen MR) is 139 cm³/mol. The Labute approximate surface area is 218 Å². The van der Waals surface area contributed by atoms with Gasteiger partial charge in [0.2, 0.25) is 5.95 Å². The third kappa shape index (κ3) is 5.46. The van der Waals surface area contributed by atoms with Gasteiger partial charge in [0.15, 0.2) is 5.82 Å². The van der Waals surface area contributed by atoms with Crippen LogP contribution in [-0.4, -0.2) is 25.7 Å². The minimum absolute atomic E-state index is 0.188. The van der Waals surface area contributed by atoms with Gasteiger partial charge in [0.25, 0.3) is 0 Å². The molecule has 2 heterocycles. The predicted octanol–water partition coefficient (Wildman–Crippen LogP) is 5.42. The van der Waals surface area contributed by atoms with Crippen LogP contribution in [0.25, 0.3) is 16.8 Å². The first kappa shape index (κ1) is 24.1. The van der Waals surface area contributed by atoms with Crippen molar-refractivity contribution in [3.05, 3.63) is 117 Å². The van der Waals surface area contributed by atoms with Crippen LogP contribution in [0.15, 0.2) is 99.0 Å². The van der Waals surface area contributed by atoms with E-state index in [-0.39, 0.29) is 16.8 Å². The number of nitrogens with zero attached hydrogens (tertiary/aromatic N) is 4. The summed E-state index contributed by atoms with van der Waals surface area (Å²) >= 11 is 3.15. The standard InChI is InChI=1S/C26H18BrFN6O3/c27-21-15-19(9-10-22(21)28)34-23(33-37-26(34)36)14-17-5-1-2-8-20(17)16-6-3-7-18(13-16)31-25(35)32-24-29-11-4-12-30-24/h1-13,15H,14H2,(H2,29,30,31,32,35). The van der Waals surface area contributed by atoms with Gasteiger partial charge in [-0.3, -0.25) is 9.84 Å². The van der Waals surface area contributed by atoms with Gasteiger partial charge < -0.3 is 5.32 Å². The van der Waals surface area contributed by atoms with Crippen molar-refractivity contribution in [2.75, 3.05) is 10.6 Å². The Kier molecular flexibility index (Phi) is 6.86. The Morgan fingerprint density at radius 3 is 2.59 bits per heavy atom. The summed E-state index contributed by atoms with van der Waals surface area (Å²) in [5, 5.41) is 9.31. The molecule has 0 unspecified atom stereocenters. The fraction of sp³-hybridized carbons (Fsp3) is 0.0385. The fourth-order valence-corrected chi connectivity index (χ4v) is 4.15. The zero-order valence-electron chi connectivity index (χ0n) is 19.1. The van der Waals surface area contributed by atoms with Crippen molar-refractivity contribution in [2.24, 2.45) is 0 Å². The zero-order valence-corrected chi connectivity index (χ0v) is 20.6. The van der Waals surface area contributed by atoms with Crippen LogP contribution in [0.5, 0.6) is 0 Å². The van der Waals surface area contributed by atoms with Crippen LogP contribution in [0.3, 0.4) is 0 Å². The second-order valence-corrected chi connectivity index (χ2v) is 8.72. The molecular weight excluding hydrogens is 543 g/mol. The van der Waals surface area contributed by atoms with Crippen molar-refractivity contribution < 1.29 is 13.7 Å². The average molecular weight is 561 g/mol. The third-order valence-corrected chi connectivity index (χ3v) is 6.03. The van der Waals surface area contributed by atoms with Crippen LogP contribution in [0, 0.1) is 5.82 Å². The first-order chi connectivity index (χ1) is 18.0. The molecule has 5 rings (SSSR count). The summed E-state index contributed by atoms with van der Waals surface area (Å²) < 4.78 is 20.2. The fourth-order valence-electron chi connectivity index (χ4n) is 3.79. The van der Waals surface area contributed by atoms with E-state index >= 15 is 0 Å². The van der Waals surface area contributed by atoms with Gasteiger partial charge in [-0.1, -0.05) is 41.6 Å². The molecule has 0 fully saturated rings. The highest BCUT2D eigenvalue weighted by molar-refractivity contribution is 9.10. The van der Waals surface area contributed by atoms with Gasteiger partial charge >= 0.3 is 11.8 Å². The largest absolute Gasteiger partial charge is 0.446 e. The number of anilines is 2. The van der Waals surface area contributed by atoms with Gasteiger partial charge in [0, 0.05) is 24.5 Å². The first-order valence-corrected chi connectivity index (χ1v) is 11.8. The maximum absolute atomic E-state index is 13.7. The van der Waals surface area contributed by atoms with Crippen LogP contribution < -0.4 is 16.4 Å². The number of hydrogen-bond acceptors (Lipinski definition) is 6. The Bertz CT molecular complexity index is 1640. The number of aromatic nitrogens is 4. The summed E-state index contributed by atoms with van der Waals surface area (Å²) in [4.78, 5) is 32.8. The normalized spacial score (nSPS) is 10.8. The van der Waals surface area contributed by atoms with Crippen LogP contribution >= 0.6 is 15.9 Å². The van der Waals surface area contributed by atoms with Crippen molar-refractivity contribution in [2.45, 2.75) is 6.42 Å². The SMILES string of the molecule is O=C(Nc1cccc(-c2ccccc2Cc2noc(=O)n2-c2ccc(F)c(Br)c2)c1)Nc1ncccn1. The van der Waals surface area contributed by atoms with Gasteiger partial charge in [-0.15, -0.1) is 0 Å². The molecule has 3 aromatic carbocycles. The maximum Gasteiger partial charge on any atom is 0.446 e. The lowest BCUT2D eigenvalue weighted by molar-refractivity contribution is 0.262. The van der Waals surface area contributed by atoms with Crippen LogP contribution in [-0.2, 0) is 6.42 Å². The molecule has 2 amide bonds. The minimum atomic E-state index is -0.675. The topological polar surface area (TPSA) is 115 Å². The number of urea groups is 1. The van der Waals surface area contributed by atoms with E-state index in [1.165, 1.54) is 35.2 Å². The van der Waals surface area contributed by atoms with Gasteiger partial charge in [-0.25, -0.2) is 28.5 Å². The molecule has 2 N–H and O–H groups in total. The maximum atomic E-state index is 13.7. The summed E-state index contributed by atoms with van der Waals surface area (Å²) in [5.74, 6) is -0.579. The highest BCUT2D eigenvalue weighted by Gasteiger charge is 2.17. The molecule has 37 heavy (non-hydrogen) atoms. The van der Waals surface area contributed by atoms with Gasteiger partial charge in [0.05, 0.1) is 10.2 Å². The van der Waals surface area contributed by atoms with Crippen molar-refractivity contribution in [3.63, 3.8) is 0 Å². The molecular formula is C26H18BrFN6O3. The lowest BCUT2D eigenvalue weighted by atomic mass is 9.97. The van der Waals surface area contributed by atoms with Crippen LogP contribution in [0.2, 0.25) is 0 Å². The highest BCUT2D eigenvalue weighted by atomic mass is 79.9. The zero-order chi connectivity index (χ0) is 25.8. The number of carbonyl (C=O) groups is 1. The third-order valence-electron chi connectivity index (χ3n) is 5.42. The van der Waals surface area contributed by atoms with Crippen molar-refractivity contribution in [3.8, 4) is 16.8 Å². The summed E-state index contributed by atoms with van der Waals surface area (Å²) in [6.45, 7) is 0. The summed E-state index contributed by atoms with van der Waals surface area (Å²) in [6.07, 6.45) is 3.33. The number of amides is 2. The van der Waals surface area contributed by atoms with E-state index < -0.39 is 17.6 Å². The number of benzene rings is 3. The van der Waals surface area contributed by atoms with Crippen molar-refractivity contribution >= 4 is 33.6 Å². The number of hydrogen-bond donors (Lipinski definition) is 2. The van der Waals surface area contributed by atoms with E-state index in [0.29, 0.717) is 17.2 Å². The Morgan fingerprint density at radius 2 is 1.78 bits per heavy atom. The Balaban J connectivity index is 1.42. The van der Waals surface area contributed by atoms with Crippen molar-refractivity contribution in [1.82, 2.24) is 19.7 Å². The second-order valence-electron chi connectivity index (χ2n) is 7.86. The van der Waals surface area contributed by atoms with Crippen LogP contribution in [0.1, 0.15) is 11.4 Å². The molecule has 5 aromatic rings. The monoisotopic (exact) mass is 560 g/mol. The minimum Gasteiger partial charge on any atom is -0.308 e. The Hall–Kier alpha value is -4.64. The molecule has 0 saturated heterocycles. The highest BCUT2D eigenvalue weighted by Crippen LogP contribution is 2.28. The summed E-state index contributed by atoms with van der Waals surface area (Å²) in [5.41, 5.74) is 3.57. The molecule has 0 atom stereocenters. The van der Waals surface area contributed by atoms with E-state index in [0.717, 1.165) is 16.7 Å². The number of rotatable bonds is 6. The molecule has 0 saturated carbocycles. The Morgan fingerprint density at radius 1 is 0.973 bits per heavy atom. The lowest BCUT2D eigenvalue weighted by Gasteiger charge is -2.12. The smallest absolute Gasteiger partial charge is 0.308 e. The van der Waals surface area contributed by atoms with E-state index in [9.17, 15) is 14.0 Å². The quantitative estimate of drug-likeness (QED) is 0.286. The number of halogens is 2. The molecule has 0 spiro atoms. The van der Waals surface area contributed by atoms with E-state index in [4.69, 9.17) is 4.52 Å². The summed E-state index contributed by atoms with van der Waals surface area (Å²) in [7, 11) is 0. The van der Waals surface area contributed by atoms with E-state index in [2.05, 4.69) is 41.7 Å². The van der Waals surface area contributed by atoms with Gasteiger partial charge in [0.1, 0.15) is 5.82 Å². The second kappa shape index (κ2) is 10.5. The first-order valence-electron chi connectivity index (χ1n) is 11.0. The van der Waals surface area contributed by atoms with Gasteiger partial charge in [-0.05, 0) is 69.0 Å². The molecule has 0 aliphatic rings.